The van der Waals surface area contributed by atoms with Gasteiger partial charge in [0.25, 0.3) is 0 Å². The van der Waals surface area contributed by atoms with E-state index in [9.17, 15) is 8.78 Å². The van der Waals surface area contributed by atoms with Crippen LogP contribution in [0.15, 0.2) is 23.6 Å². The number of rotatable bonds is 3. The molecule has 2 nitrogen and oxygen atoms in total. The van der Waals surface area contributed by atoms with Crippen molar-refractivity contribution in [2.45, 2.75) is 19.4 Å². The van der Waals surface area contributed by atoms with Gasteiger partial charge in [0, 0.05) is 23.9 Å². The Labute approximate surface area is 102 Å². The summed E-state index contributed by atoms with van der Waals surface area (Å²) >= 11 is 1.53. The molecule has 90 valence electrons. The molecule has 1 atom stereocenters. The highest BCUT2D eigenvalue weighted by atomic mass is 32.1. The maximum Gasteiger partial charge on any atom is 0.126 e. The molecule has 17 heavy (non-hydrogen) atoms. The molecule has 2 rings (SSSR count). The number of halogens is 2. The third-order valence-electron chi connectivity index (χ3n) is 2.41. The molecule has 2 aromatic rings. The van der Waals surface area contributed by atoms with Crippen molar-refractivity contribution in [2.24, 2.45) is 5.73 Å². The Bertz CT molecular complexity index is 505. The second kappa shape index (κ2) is 4.89. The van der Waals surface area contributed by atoms with Crippen LogP contribution in [-0.4, -0.2) is 4.98 Å². The molecule has 0 spiro atoms. The summed E-state index contributed by atoms with van der Waals surface area (Å²) in [7, 11) is 0. The standard InChI is InChI=1S/C12H12F2N2S/c1-7-16-11(6-17-7)5-12(15)8-2-9(13)4-10(14)3-8/h2-4,6,12H,5,15H2,1H3. The van der Waals surface area contributed by atoms with E-state index >= 15 is 0 Å². The van der Waals surface area contributed by atoms with Crippen LogP contribution in [0.4, 0.5) is 8.78 Å². The molecule has 1 aromatic carbocycles. The summed E-state index contributed by atoms with van der Waals surface area (Å²) in [5.74, 6) is -1.21. The molecule has 2 N–H and O–H groups in total. The van der Waals surface area contributed by atoms with Gasteiger partial charge in [-0.05, 0) is 24.6 Å². The maximum absolute atomic E-state index is 13.0. The zero-order valence-corrected chi connectivity index (χ0v) is 10.1. The summed E-state index contributed by atoms with van der Waals surface area (Å²) in [5.41, 5.74) is 7.21. The molecule has 0 aliphatic heterocycles. The van der Waals surface area contributed by atoms with Crippen LogP contribution in [0.3, 0.4) is 0 Å². The molecule has 0 aliphatic carbocycles. The second-order valence-corrected chi connectivity index (χ2v) is 4.93. The first-order valence-electron chi connectivity index (χ1n) is 5.17. The van der Waals surface area contributed by atoms with Gasteiger partial charge in [0.2, 0.25) is 0 Å². The molecule has 1 unspecified atom stereocenters. The number of aryl methyl sites for hydroxylation is 1. The first-order chi connectivity index (χ1) is 8.04. The lowest BCUT2D eigenvalue weighted by Gasteiger charge is -2.10. The molecule has 0 fully saturated rings. The minimum Gasteiger partial charge on any atom is -0.324 e. The number of aromatic nitrogens is 1. The van der Waals surface area contributed by atoms with Crippen LogP contribution in [0.25, 0.3) is 0 Å². The highest BCUT2D eigenvalue weighted by Crippen LogP contribution is 2.19. The number of nitrogens with zero attached hydrogens (tertiary/aromatic N) is 1. The lowest BCUT2D eigenvalue weighted by Crippen LogP contribution is -2.14. The Morgan fingerprint density at radius 1 is 1.29 bits per heavy atom. The van der Waals surface area contributed by atoms with Gasteiger partial charge in [0.15, 0.2) is 0 Å². The molecule has 0 radical (unpaired) electrons. The van der Waals surface area contributed by atoms with E-state index in [2.05, 4.69) is 4.98 Å². The fraction of sp³-hybridized carbons (Fsp3) is 0.250. The van der Waals surface area contributed by atoms with Gasteiger partial charge >= 0.3 is 0 Å². The minimum absolute atomic E-state index is 0.443. The molecule has 0 aliphatic rings. The van der Waals surface area contributed by atoms with Gasteiger partial charge in [-0.1, -0.05) is 0 Å². The largest absolute Gasteiger partial charge is 0.324 e. The number of hydrogen-bond donors (Lipinski definition) is 1. The van der Waals surface area contributed by atoms with E-state index in [1.54, 1.807) is 0 Å². The SMILES string of the molecule is Cc1nc(CC(N)c2cc(F)cc(F)c2)cs1. The smallest absolute Gasteiger partial charge is 0.126 e. The number of hydrogen-bond acceptors (Lipinski definition) is 3. The summed E-state index contributed by atoms with van der Waals surface area (Å²) in [6.07, 6.45) is 0.479. The predicted molar refractivity (Wildman–Crippen MR) is 63.8 cm³/mol. The van der Waals surface area contributed by atoms with Crippen LogP contribution in [0.1, 0.15) is 22.3 Å². The average Bonchev–Trinajstić information content (AvgIpc) is 2.62. The van der Waals surface area contributed by atoms with Crippen molar-refractivity contribution in [3.05, 3.63) is 51.5 Å². The van der Waals surface area contributed by atoms with E-state index in [0.717, 1.165) is 16.8 Å². The van der Waals surface area contributed by atoms with Crippen LogP contribution in [0, 0.1) is 18.6 Å². The highest BCUT2D eigenvalue weighted by Gasteiger charge is 2.11. The number of nitrogens with two attached hydrogens (primary N) is 1. The van der Waals surface area contributed by atoms with Crippen molar-refractivity contribution in [3.63, 3.8) is 0 Å². The molecule has 5 heteroatoms. The molecular formula is C12H12F2N2S. The van der Waals surface area contributed by atoms with E-state index < -0.39 is 17.7 Å². The van der Waals surface area contributed by atoms with Crippen LogP contribution < -0.4 is 5.73 Å². The van der Waals surface area contributed by atoms with Gasteiger partial charge in [-0.25, -0.2) is 13.8 Å². The van der Waals surface area contributed by atoms with Crippen LogP contribution in [-0.2, 0) is 6.42 Å². The first kappa shape index (κ1) is 12.1. The van der Waals surface area contributed by atoms with Crippen molar-refractivity contribution in [1.29, 1.82) is 0 Å². The quantitative estimate of drug-likeness (QED) is 0.914. The Hall–Kier alpha value is -1.33. The topological polar surface area (TPSA) is 38.9 Å². The van der Waals surface area contributed by atoms with Gasteiger partial charge in [-0.2, -0.15) is 0 Å². The van der Waals surface area contributed by atoms with Crippen LogP contribution >= 0.6 is 11.3 Å². The van der Waals surface area contributed by atoms with E-state index in [1.165, 1.54) is 23.5 Å². The lowest BCUT2D eigenvalue weighted by atomic mass is 10.0. The summed E-state index contributed by atoms with van der Waals surface area (Å²) < 4.78 is 26.0. The maximum atomic E-state index is 13.0. The van der Waals surface area contributed by atoms with Crippen molar-refractivity contribution in [2.75, 3.05) is 0 Å². The average molecular weight is 254 g/mol. The summed E-state index contributed by atoms with van der Waals surface area (Å²) in [6.45, 7) is 1.90. The molecule has 0 saturated carbocycles. The van der Waals surface area contributed by atoms with Crippen molar-refractivity contribution in [1.82, 2.24) is 4.98 Å². The van der Waals surface area contributed by atoms with Crippen molar-refractivity contribution in [3.8, 4) is 0 Å². The van der Waals surface area contributed by atoms with Gasteiger partial charge < -0.3 is 5.73 Å². The predicted octanol–water partition coefficient (Wildman–Crippen LogP) is 2.97. The van der Waals surface area contributed by atoms with Gasteiger partial charge in [0.1, 0.15) is 11.6 Å². The van der Waals surface area contributed by atoms with Crippen molar-refractivity contribution >= 4 is 11.3 Å². The second-order valence-electron chi connectivity index (χ2n) is 3.87. The normalized spacial score (nSPS) is 12.7. The summed E-state index contributed by atoms with van der Waals surface area (Å²) in [4.78, 5) is 4.27. The number of thiazole rings is 1. The Kier molecular flexibility index (Phi) is 3.49. The third-order valence-corrected chi connectivity index (χ3v) is 3.23. The zero-order valence-electron chi connectivity index (χ0n) is 9.28. The zero-order chi connectivity index (χ0) is 12.4. The minimum atomic E-state index is -0.607. The van der Waals surface area contributed by atoms with E-state index in [0.29, 0.717) is 12.0 Å². The molecule has 0 amide bonds. The molecule has 1 aromatic heterocycles. The summed E-state index contributed by atoms with van der Waals surface area (Å²) in [5, 5.41) is 2.86. The van der Waals surface area contributed by atoms with E-state index in [-0.39, 0.29) is 0 Å². The van der Waals surface area contributed by atoms with Crippen LogP contribution in [0.5, 0.6) is 0 Å². The monoisotopic (exact) mass is 254 g/mol. The van der Waals surface area contributed by atoms with E-state index in [4.69, 9.17) is 5.73 Å². The highest BCUT2D eigenvalue weighted by molar-refractivity contribution is 7.09. The summed E-state index contributed by atoms with van der Waals surface area (Å²) in [6, 6.07) is 2.91. The molecule has 1 heterocycles. The lowest BCUT2D eigenvalue weighted by molar-refractivity contribution is 0.572. The van der Waals surface area contributed by atoms with Gasteiger partial charge in [-0.3, -0.25) is 0 Å². The molecular weight excluding hydrogens is 242 g/mol. The molecule has 0 saturated heterocycles. The molecule has 0 bridgehead atoms. The van der Waals surface area contributed by atoms with Crippen LogP contribution in [0.2, 0.25) is 0 Å². The third kappa shape index (κ3) is 3.08. The Morgan fingerprint density at radius 2 is 1.94 bits per heavy atom. The van der Waals surface area contributed by atoms with E-state index in [1.807, 2.05) is 12.3 Å². The fourth-order valence-corrected chi connectivity index (χ4v) is 2.26. The van der Waals surface area contributed by atoms with Gasteiger partial charge in [0.05, 0.1) is 10.7 Å². The number of benzene rings is 1. The Balaban J connectivity index is 2.16. The first-order valence-corrected chi connectivity index (χ1v) is 6.05. The van der Waals surface area contributed by atoms with Gasteiger partial charge in [-0.15, -0.1) is 11.3 Å². The van der Waals surface area contributed by atoms with Crippen molar-refractivity contribution < 1.29 is 8.78 Å². The Morgan fingerprint density at radius 3 is 2.47 bits per heavy atom. The fourth-order valence-electron chi connectivity index (χ4n) is 1.63.